The van der Waals surface area contributed by atoms with Crippen LogP contribution in [0.25, 0.3) is 0 Å². The summed E-state index contributed by atoms with van der Waals surface area (Å²) in [4.78, 5) is 28.1. The zero-order valence-electron chi connectivity index (χ0n) is 13.7. The summed E-state index contributed by atoms with van der Waals surface area (Å²) >= 11 is 0. The van der Waals surface area contributed by atoms with Crippen LogP contribution in [-0.2, 0) is 14.3 Å². The normalized spacial score (nSPS) is 16.8. The van der Waals surface area contributed by atoms with E-state index in [1.165, 1.54) is 13.4 Å². The fraction of sp³-hybridized carbons (Fsp3) is 0.625. The van der Waals surface area contributed by atoms with Gasteiger partial charge in [0.05, 0.1) is 32.5 Å². The van der Waals surface area contributed by atoms with Crippen molar-refractivity contribution in [3.63, 3.8) is 0 Å². The number of carbonyl (C=O) groups is 2. The summed E-state index contributed by atoms with van der Waals surface area (Å²) in [6, 6.07) is 3.31. The van der Waals surface area contributed by atoms with E-state index in [-0.39, 0.29) is 23.6 Å². The number of rotatable bonds is 7. The van der Waals surface area contributed by atoms with E-state index in [1.807, 2.05) is 0 Å². The fourth-order valence-corrected chi connectivity index (χ4v) is 2.53. The van der Waals surface area contributed by atoms with Gasteiger partial charge in [-0.05, 0) is 12.1 Å². The number of amides is 1. The number of esters is 1. The third-order valence-corrected chi connectivity index (χ3v) is 3.91. The first kappa shape index (κ1) is 17.5. The van der Waals surface area contributed by atoms with Gasteiger partial charge in [-0.25, -0.2) is 0 Å². The Bertz CT molecular complexity index is 497. The van der Waals surface area contributed by atoms with Crippen molar-refractivity contribution < 1.29 is 23.5 Å². The quantitative estimate of drug-likeness (QED) is 0.693. The van der Waals surface area contributed by atoms with Crippen LogP contribution in [0, 0.1) is 5.92 Å². The molecule has 2 heterocycles. The van der Waals surface area contributed by atoms with Crippen molar-refractivity contribution in [2.75, 3.05) is 53.0 Å². The Balaban J connectivity index is 1.98. The van der Waals surface area contributed by atoms with Crippen LogP contribution >= 0.6 is 0 Å². The first-order valence-corrected chi connectivity index (χ1v) is 7.82. The molecule has 7 heteroatoms. The van der Waals surface area contributed by atoms with Crippen LogP contribution < -0.4 is 0 Å². The molecular weight excluding hydrogens is 300 g/mol. The molecule has 23 heavy (non-hydrogen) atoms. The van der Waals surface area contributed by atoms with Crippen LogP contribution in [-0.4, -0.2) is 74.7 Å². The Morgan fingerprint density at radius 1 is 1.39 bits per heavy atom. The smallest absolute Gasteiger partial charge is 0.310 e. The van der Waals surface area contributed by atoms with Crippen molar-refractivity contribution in [2.24, 2.45) is 5.92 Å². The molecular formula is C16H24N2O5. The van der Waals surface area contributed by atoms with Crippen molar-refractivity contribution in [2.45, 2.75) is 6.92 Å². The van der Waals surface area contributed by atoms with Gasteiger partial charge >= 0.3 is 5.97 Å². The summed E-state index contributed by atoms with van der Waals surface area (Å²) in [6.45, 7) is 6.46. The first-order valence-electron chi connectivity index (χ1n) is 7.82. The number of furan rings is 1. The van der Waals surface area contributed by atoms with Crippen molar-refractivity contribution >= 4 is 11.9 Å². The number of methoxy groups -OCH3 is 1. The maximum Gasteiger partial charge on any atom is 0.310 e. The standard InChI is InChI=1S/C16H24N2O5/c1-13(16(20)21-2)12-18(15(19)14-4-3-9-23-14)6-5-17-7-10-22-11-8-17/h3-4,9,13H,5-8,10-12H2,1-2H3. The predicted octanol–water partition coefficient (Wildman–Crippen LogP) is 0.863. The lowest BCUT2D eigenvalue weighted by atomic mass is 10.1. The zero-order valence-corrected chi connectivity index (χ0v) is 13.7. The highest BCUT2D eigenvalue weighted by Gasteiger charge is 2.24. The number of carbonyl (C=O) groups excluding carboxylic acids is 2. The van der Waals surface area contributed by atoms with Gasteiger partial charge in [0.1, 0.15) is 0 Å². The Morgan fingerprint density at radius 3 is 2.74 bits per heavy atom. The van der Waals surface area contributed by atoms with E-state index in [1.54, 1.807) is 24.0 Å². The number of morpholine rings is 1. The average Bonchev–Trinajstić information content (AvgIpc) is 3.12. The highest BCUT2D eigenvalue weighted by Crippen LogP contribution is 2.10. The van der Waals surface area contributed by atoms with Crippen LogP contribution in [0.3, 0.4) is 0 Å². The first-order chi connectivity index (χ1) is 11.1. The van der Waals surface area contributed by atoms with Gasteiger partial charge in [0.25, 0.3) is 5.91 Å². The highest BCUT2D eigenvalue weighted by molar-refractivity contribution is 5.91. The second kappa shape index (κ2) is 8.69. The van der Waals surface area contributed by atoms with E-state index in [0.29, 0.717) is 26.3 Å². The Labute approximate surface area is 136 Å². The molecule has 1 aliphatic rings. The Kier molecular flexibility index (Phi) is 6.61. The molecule has 0 saturated carbocycles. The molecule has 0 spiro atoms. The average molecular weight is 324 g/mol. The van der Waals surface area contributed by atoms with Crippen molar-refractivity contribution in [1.82, 2.24) is 9.80 Å². The molecule has 128 valence electrons. The highest BCUT2D eigenvalue weighted by atomic mass is 16.5. The number of hydrogen-bond acceptors (Lipinski definition) is 6. The van der Waals surface area contributed by atoms with Crippen LogP contribution in [0.2, 0.25) is 0 Å². The summed E-state index contributed by atoms with van der Waals surface area (Å²) in [6.07, 6.45) is 1.47. The summed E-state index contributed by atoms with van der Waals surface area (Å²) in [5.74, 6) is -0.639. The molecule has 1 amide bonds. The lowest BCUT2D eigenvalue weighted by Gasteiger charge is -2.30. The summed E-state index contributed by atoms with van der Waals surface area (Å²) in [7, 11) is 1.35. The summed E-state index contributed by atoms with van der Waals surface area (Å²) in [5.41, 5.74) is 0. The lowest BCUT2D eigenvalue weighted by molar-refractivity contribution is -0.145. The van der Waals surface area contributed by atoms with E-state index < -0.39 is 0 Å². The van der Waals surface area contributed by atoms with E-state index in [9.17, 15) is 9.59 Å². The van der Waals surface area contributed by atoms with Crippen molar-refractivity contribution in [1.29, 1.82) is 0 Å². The minimum Gasteiger partial charge on any atom is -0.469 e. The fourth-order valence-electron chi connectivity index (χ4n) is 2.53. The van der Waals surface area contributed by atoms with E-state index in [4.69, 9.17) is 13.9 Å². The minimum absolute atomic E-state index is 0.209. The monoisotopic (exact) mass is 324 g/mol. The molecule has 2 rings (SSSR count). The van der Waals surface area contributed by atoms with Crippen LogP contribution in [0.15, 0.2) is 22.8 Å². The summed E-state index contributed by atoms with van der Waals surface area (Å²) in [5, 5.41) is 0. The maximum atomic E-state index is 12.6. The van der Waals surface area contributed by atoms with Gasteiger partial charge in [0, 0.05) is 32.7 Å². The van der Waals surface area contributed by atoms with Crippen molar-refractivity contribution in [3.05, 3.63) is 24.2 Å². The van der Waals surface area contributed by atoms with Crippen LogP contribution in [0.4, 0.5) is 0 Å². The molecule has 1 aromatic rings. The molecule has 1 fully saturated rings. The molecule has 0 radical (unpaired) electrons. The van der Waals surface area contributed by atoms with Gasteiger partial charge < -0.3 is 18.8 Å². The molecule has 0 aliphatic carbocycles. The van der Waals surface area contributed by atoms with E-state index in [0.717, 1.165) is 19.6 Å². The summed E-state index contributed by atoms with van der Waals surface area (Å²) < 4.78 is 15.3. The molecule has 1 aromatic heterocycles. The molecule has 1 unspecified atom stereocenters. The van der Waals surface area contributed by atoms with Crippen molar-refractivity contribution in [3.8, 4) is 0 Å². The number of hydrogen-bond donors (Lipinski definition) is 0. The molecule has 0 N–H and O–H groups in total. The molecule has 0 aromatic carbocycles. The van der Waals surface area contributed by atoms with Gasteiger partial charge in [-0.2, -0.15) is 0 Å². The van der Waals surface area contributed by atoms with Gasteiger partial charge in [-0.1, -0.05) is 6.92 Å². The van der Waals surface area contributed by atoms with E-state index in [2.05, 4.69) is 4.90 Å². The third kappa shape index (κ3) is 5.07. The second-order valence-electron chi connectivity index (χ2n) is 5.61. The molecule has 1 atom stereocenters. The second-order valence-corrected chi connectivity index (χ2v) is 5.61. The molecule has 1 aliphatic heterocycles. The SMILES string of the molecule is COC(=O)C(C)CN(CCN1CCOCC1)C(=O)c1ccco1. The number of nitrogens with zero attached hydrogens (tertiary/aromatic N) is 2. The molecule has 0 bridgehead atoms. The maximum absolute atomic E-state index is 12.6. The Morgan fingerprint density at radius 2 is 2.13 bits per heavy atom. The van der Waals surface area contributed by atoms with Gasteiger partial charge in [-0.3, -0.25) is 14.5 Å². The molecule has 1 saturated heterocycles. The van der Waals surface area contributed by atoms with Crippen LogP contribution in [0.5, 0.6) is 0 Å². The molecule has 7 nitrogen and oxygen atoms in total. The lowest BCUT2D eigenvalue weighted by Crippen LogP contribution is -2.45. The van der Waals surface area contributed by atoms with Crippen LogP contribution in [0.1, 0.15) is 17.5 Å². The third-order valence-electron chi connectivity index (χ3n) is 3.91. The van der Waals surface area contributed by atoms with Gasteiger partial charge in [0.15, 0.2) is 5.76 Å². The topological polar surface area (TPSA) is 72.2 Å². The van der Waals surface area contributed by atoms with E-state index >= 15 is 0 Å². The largest absolute Gasteiger partial charge is 0.469 e. The predicted molar refractivity (Wildman–Crippen MR) is 83.1 cm³/mol. The zero-order chi connectivity index (χ0) is 16.7. The van der Waals surface area contributed by atoms with Gasteiger partial charge in [-0.15, -0.1) is 0 Å². The van der Waals surface area contributed by atoms with Gasteiger partial charge in [0.2, 0.25) is 0 Å². The number of ether oxygens (including phenoxy) is 2. The Hall–Kier alpha value is -1.86. The minimum atomic E-state index is -0.386.